The van der Waals surface area contributed by atoms with Gasteiger partial charge in [-0.2, -0.15) is 9.78 Å². The summed E-state index contributed by atoms with van der Waals surface area (Å²) in [7, 11) is 3.37. The number of carbonyl (C=O) groups excluding carboxylic acids is 1. The molecular formula is C29H26ClN5O3. The van der Waals surface area contributed by atoms with Crippen LogP contribution in [0.25, 0.3) is 27.5 Å². The third kappa shape index (κ3) is 3.88. The van der Waals surface area contributed by atoms with Gasteiger partial charge in [-0.3, -0.25) is 9.59 Å². The summed E-state index contributed by atoms with van der Waals surface area (Å²) in [6.45, 7) is 2.52. The zero-order valence-corrected chi connectivity index (χ0v) is 21.9. The molecule has 9 heteroatoms. The highest BCUT2D eigenvalue weighted by Gasteiger charge is 2.29. The van der Waals surface area contributed by atoms with Crippen molar-refractivity contribution >= 4 is 45.0 Å². The lowest BCUT2D eigenvalue weighted by molar-refractivity contribution is 0.0741. The van der Waals surface area contributed by atoms with Crippen molar-refractivity contribution in [1.82, 2.24) is 19.2 Å². The number of rotatable bonds is 4. The fourth-order valence-electron chi connectivity index (χ4n) is 5.25. The molecule has 1 aliphatic rings. The van der Waals surface area contributed by atoms with Crippen LogP contribution in [0.1, 0.15) is 10.5 Å². The lowest BCUT2D eigenvalue weighted by Gasteiger charge is -2.36. The Hall–Kier alpha value is -4.30. The van der Waals surface area contributed by atoms with Crippen LogP contribution in [0.4, 0.5) is 5.69 Å². The van der Waals surface area contributed by atoms with E-state index in [9.17, 15) is 9.59 Å². The molecule has 0 N–H and O–H groups in total. The van der Waals surface area contributed by atoms with Crippen LogP contribution in [-0.2, 0) is 7.05 Å². The number of ether oxygens (including phenoxy) is 1. The van der Waals surface area contributed by atoms with Crippen molar-refractivity contribution in [3.63, 3.8) is 0 Å². The summed E-state index contributed by atoms with van der Waals surface area (Å²) >= 11 is 6.38. The first kappa shape index (κ1) is 24.1. The smallest absolute Gasteiger partial charge is 0.296 e. The van der Waals surface area contributed by atoms with Gasteiger partial charge in [0.15, 0.2) is 5.69 Å². The van der Waals surface area contributed by atoms with Gasteiger partial charge in [-0.1, -0.05) is 48.0 Å². The maximum absolute atomic E-state index is 14.0. The van der Waals surface area contributed by atoms with Gasteiger partial charge in [-0.25, -0.2) is 0 Å². The maximum atomic E-state index is 14.0. The summed E-state index contributed by atoms with van der Waals surface area (Å²) in [6.07, 6.45) is 0. The molecule has 1 fully saturated rings. The van der Waals surface area contributed by atoms with Crippen molar-refractivity contribution in [3.8, 4) is 11.4 Å². The van der Waals surface area contributed by atoms with Gasteiger partial charge in [0.1, 0.15) is 11.3 Å². The molecule has 192 valence electrons. The number of aromatic nitrogens is 3. The van der Waals surface area contributed by atoms with Crippen molar-refractivity contribution in [2.75, 3.05) is 38.2 Å². The number of fused-ring (bicyclic) bond motifs is 3. The molecule has 1 amide bonds. The van der Waals surface area contributed by atoms with Crippen LogP contribution in [0.15, 0.2) is 77.6 Å². The predicted molar refractivity (Wildman–Crippen MR) is 150 cm³/mol. The molecule has 0 atom stereocenters. The Morgan fingerprint density at radius 2 is 1.63 bits per heavy atom. The van der Waals surface area contributed by atoms with Crippen molar-refractivity contribution in [2.24, 2.45) is 7.05 Å². The van der Waals surface area contributed by atoms with E-state index in [0.717, 1.165) is 16.6 Å². The van der Waals surface area contributed by atoms with Gasteiger partial charge < -0.3 is 19.1 Å². The highest BCUT2D eigenvalue weighted by Crippen LogP contribution is 2.31. The van der Waals surface area contributed by atoms with Gasteiger partial charge in [0, 0.05) is 55.2 Å². The van der Waals surface area contributed by atoms with Gasteiger partial charge in [0.2, 0.25) is 0 Å². The summed E-state index contributed by atoms with van der Waals surface area (Å²) < 4.78 is 8.37. The number of anilines is 1. The molecule has 0 unspecified atom stereocenters. The van der Waals surface area contributed by atoms with Crippen LogP contribution in [0.5, 0.6) is 5.75 Å². The van der Waals surface area contributed by atoms with Crippen LogP contribution in [0, 0.1) is 0 Å². The molecule has 2 aromatic heterocycles. The summed E-state index contributed by atoms with van der Waals surface area (Å²) in [5.41, 5.74) is 2.78. The number of para-hydroxylation sites is 2. The molecule has 38 heavy (non-hydrogen) atoms. The molecule has 8 nitrogen and oxygen atoms in total. The molecule has 1 saturated heterocycles. The van der Waals surface area contributed by atoms with Gasteiger partial charge in [-0.05, 0) is 36.4 Å². The van der Waals surface area contributed by atoms with E-state index >= 15 is 0 Å². The molecule has 0 bridgehead atoms. The first-order valence-electron chi connectivity index (χ1n) is 12.4. The third-order valence-electron chi connectivity index (χ3n) is 7.21. The van der Waals surface area contributed by atoms with Crippen molar-refractivity contribution in [2.45, 2.75) is 0 Å². The van der Waals surface area contributed by atoms with Gasteiger partial charge in [-0.15, -0.1) is 0 Å². The van der Waals surface area contributed by atoms with Crippen molar-refractivity contribution in [3.05, 3.63) is 93.9 Å². The highest BCUT2D eigenvalue weighted by atomic mass is 35.5. The van der Waals surface area contributed by atoms with E-state index in [4.69, 9.17) is 16.3 Å². The topological polar surface area (TPSA) is 72.6 Å². The zero-order valence-electron chi connectivity index (χ0n) is 21.1. The molecule has 0 radical (unpaired) electrons. The predicted octanol–water partition coefficient (Wildman–Crippen LogP) is 4.50. The summed E-state index contributed by atoms with van der Waals surface area (Å²) in [4.78, 5) is 31.9. The average Bonchev–Trinajstić information content (AvgIpc) is 3.26. The summed E-state index contributed by atoms with van der Waals surface area (Å²) in [5, 5.41) is 6.41. The summed E-state index contributed by atoms with van der Waals surface area (Å²) in [5.74, 6) is 0.286. The number of hydrogen-bond acceptors (Lipinski definition) is 5. The normalized spacial score (nSPS) is 13.9. The Kier molecular flexibility index (Phi) is 6.04. The minimum atomic E-state index is -0.328. The molecule has 0 spiro atoms. The number of piperazine rings is 1. The standard InChI is InChI=1S/C29H26ClN5O3/c1-32-23-11-7-6-10-21(23)25-26(28(36)34-16-14-33(15-17-34)19-8-4-3-5-9-19)31-35(29(37)27(25)32)20-12-13-24(38-2)22(30)18-20/h3-13,18H,14-17H2,1-2H3. The number of nitrogens with zero attached hydrogens (tertiary/aromatic N) is 5. The lowest BCUT2D eigenvalue weighted by atomic mass is 10.1. The minimum absolute atomic E-state index is 0.201. The second-order valence-corrected chi connectivity index (χ2v) is 9.71. The quantitative estimate of drug-likeness (QED) is 0.344. The van der Waals surface area contributed by atoms with E-state index < -0.39 is 0 Å². The number of hydrogen-bond donors (Lipinski definition) is 0. The van der Waals surface area contributed by atoms with Crippen molar-refractivity contribution in [1.29, 1.82) is 0 Å². The second-order valence-electron chi connectivity index (χ2n) is 9.30. The monoisotopic (exact) mass is 527 g/mol. The zero-order chi connectivity index (χ0) is 26.4. The van der Waals surface area contributed by atoms with Crippen LogP contribution in [-0.4, -0.2) is 58.4 Å². The number of carbonyl (C=O) groups is 1. The first-order valence-corrected chi connectivity index (χ1v) is 12.8. The van der Waals surface area contributed by atoms with Crippen LogP contribution in [0.3, 0.4) is 0 Å². The Morgan fingerprint density at radius 3 is 2.34 bits per heavy atom. The Labute approximate surface area is 224 Å². The SMILES string of the molecule is COc1ccc(-n2nc(C(=O)N3CCN(c4ccccc4)CC3)c3c4ccccc4n(C)c3c2=O)cc1Cl. The molecule has 0 saturated carbocycles. The second kappa shape index (κ2) is 9.54. The lowest BCUT2D eigenvalue weighted by Crippen LogP contribution is -2.49. The first-order chi connectivity index (χ1) is 18.5. The molecule has 6 rings (SSSR count). The largest absolute Gasteiger partial charge is 0.495 e. The van der Waals surface area contributed by atoms with Crippen molar-refractivity contribution < 1.29 is 9.53 Å². The van der Waals surface area contributed by atoms with Gasteiger partial charge in [0.05, 0.1) is 17.8 Å². The van der Waals surface area contributed by atoms with Gasteiger partial charge >= 0.3 is 0 Å². The number of benzene rings is 3. The number of aryl methyl sites for hydroxylation is 1. The molecular weight excluding hydrogens is 502 g/mol. The van der Waals surface area contributed by atoms with Crippen LogP contribution in [0.2, 0.25) is 5.02 Å². The highest BCUT2D eigenvalue weighted by molar-refractivity contribution is 6.32. The number of methoxy groups -OCH3 is 1. The van der Waals surface area contributed by atoms with E-state index in [-0.39, 0.29) is 17.2 Å². The number of halogens is 1. The number of amides is 1. The Balaban J connectivity index is 1.48. The third-order valence-corrected chi connectivity index (χ3v) is 7.50. The Morgan fingerprint density at radius 1 is 0.921 bits per heavy atom. The summed E-state index contributed by atoms with van der Waals surface area (Å²) in [6, 6.07) is 22.9. The molecule has 3 heterocycles. The minimum Gasteiger partial charge on any atom is -0.495 e. The van der Waals surface area contributed by atoms with E-state index in [1.807, 2.05) is 59.0 Å². The molecule has 5 aromatic rings. The van der Waals surface area contributed by atoms with E-state index in [1.54, 1.807) is 18.2 Å². The average molecular weight is 528 g/mol. The fraction of sp³-hybridized carbons (Fsp3) is 0.207. The van der Waals surface area contributed by atoms with Crippen LogP contribution >= 0.6 is 11.6 Å². The molecule has 3 aromatic carbocycles. The van der Waals surface area contributed by atoms with E-state index in [0.29, 0.717) is 53.5 Å². The molecule has 0 aliphatic carbocycles. The fourth-order valence-corrected chi connectivity index (χ4v) is 5.50. The van der Waals surface area contributed by atoms with E-state index in [2.05, 4.69) is 22.1 Å². The van der Waals surface area contributed by atoms with Gasteiger partial charge in [0.25, 0.3) is 11.5 Å². The van der Waals surface area contributed by atoms with Crippen LogP contribution < -0.4 is 15.2 Å². The molecule has 1 aliphatic heterocycles. The van der Waals surface area contributed by atoms with E-state index in [1.165, 1.54) is 11.8 Å². The Bertz CT molecular complexity index is 1740. The maximum Gasteiger partial charge on any atom is 0.296 e.